The van der Waals surface area contributed by atoms with Crippen molar-refractivity contribution in [1.29, 1.82) is 0 Å². The Bertz CT molecular complexity index is 486. The van der Waals surface area contributed by atoms with Crippen molar-refractivity contribution in [2.75, 3.05) is 11.1 Å². The fourth-order valence-electron chi connectivity index (χ4n) is 1.80. The monoisotopic (exact) mass is 268 g/mol. The Hall–Kier alpha value is -1.76. The second kappa shape index (κ2) is 5.26. The van der Waals surface area contributed by atoms with Crippen molar-refractivity contribution >= 4 is 29.0 Å². The number of carbonyl (C=O) groups is 1. The van der Waals surface area contributed by atoms with Crippen molar-refractivity contribution in [2.24, 2.45) is 0 Å². The highest BCUT2D eigenvalue weighted by Gasteiger charge is 2.26. The molecule has 1 saturated heterocycles. The summed E-state index contributed by atoms with van der Waals surface area (Å²) in [5.41, 5.74) is -0.425. The molecule has 0 bridgehead atoms. The molecule has 2 N–H and O–H groups in total. The Morgan fingerprint density at radius 3 is 2.94 bits per heavy atom. The number of para-hydroxylation sites is 1. The molecule has 1 fully saturated rings. The molecule has 1 atom stereocenters. The lowest BCUT2D eigenvalue weighted by atomic mass is 10.2. The van der Waals surface area contributed by atoms with Gasteiger partial charge in [0.05, 0.1) is 10.2 Å². The van der Waals surface area contributed by atoms with Gasteiger partial charge in [-0.05, 0) is 24.7 Å². The van der Waals surface area contributed by atoms with Crippen LogP contribution in [-0.4, -0.2) is 26.9 Å². The molecule has 96 valence electrons. The molecule has 1 aliphatic rings. The lowest BCUT2D eigenvalue weighted by molar-refractivity contribution is -0.384. The zero-order valence-electron chi connectivity index (χ0n) is 9.46. The fourth-order valence-corrected chi connectivity index (χ4v) is 2.96. The summed E-state index contributed by atoms with van der Waals surface area (Å²) in [6.07, 6.45) is 1.73. The standard InChI is InChI=1S/C11H12N2O4S/c14-8-4-1-3-7(13(16)17)10(8)12-11(15)9-5-2-6-18-9/h1,3-4,9,14H,2,5-6H2,(H,12,15). The Labute approximate surface area is 108 Å². The molecule has 2 rings (SSSR count). The van der Waals surface area contributed by atoms with Crippen molar-refractivity contribution < 1.29 is 14.8 Å². The third kappa shape index (κ3) is 2.56. The number of nitro groups is 1. The fraction of sp³-hybridized carbons (Fsp3) is 0.364. The van der Waals surface area contributed by atoms with Crippen LogP contribution >= 0.6 is 11.8 Å². The molecule has 0 aliphatic carbocycles. The number of aromatic hydroxyl groups is 1. The Kier molecular flexibility index (Phi) is 3.71. The van der Waals surface area contributed by atoms with E-state index < -0.39 is 4.92 Å². The third-order valence-corrected chi connectivity index (χ3v) is 4.06. The first-order valence-electron chi connectivity index (χ1n) is 5.48. The average Bonchev–Trinajstić information content (AvgIpc) is 2.85. The number of phenolic OH excluding ortho intramolecular Hbond substituents is 1. The summed E-state index contributed by atoms with van der Waals surface area (Å²) >= 11 is 1.53. The van der Waals surface area contributed by atoms with E-state index in [1.54, 1.807) is 0 Å². The average molecular weight is 268 g/mol. The largest absolute Gasteiger partial charge is 0.505 e. The van der Waals surface area contributed by atoms with Crippen molar-refractivity contribution in [1.82, 2.24) is 0 Å². The van der Waals surface area contributed by atoms with Crippen LogP contribution in [0.25, 0.3) is 0 Å². The summed E-state index contributed by atoms with van der Waals surface area (Å²) < 4.78 is 0. The number of anilines is 1. The van der Waals surface area contributed by atoms with Crippen LogP contribution in [0.4, 0.5) is 11.4 Å². The molecule has 18 heavy (non-hydrogen) atoms. The minimum Gasteiger partial charge on any atom is -0.505 e. The number of rotatable bonds is 3. The molecule has 0 spiro atoms. The Morgan fingerprint density at radius 1 is 1.56 bits per heavy atom. The van der Waals surface area contributed by atoms with Crippen LogP contribution in [0.15, 0.2) is 18.2 Å². The highest BCUT2D eigenvalue weighted by Crippen LogP contribution is 2.35. The second-order valence-corrected chi connectivity index (χ2v) is 5.23. The topological polar surface area (TPSA) is 92.5 Å². The van der Waals surface area contributed by atoms with Crippen molar-refractivity contribution in [3.8, 4) is 5.75 Å². The van der Waals surface area contributed by atoms with E-state index in [9.17, 15) is 20.0 Å². The van der Waals surface area contributed by atoms with Crippen molar-refractivity contribution in [3.63, 3.8) is 0 Å². The highest BCUT2D eigenvalue weighted by atomic mass is 32.2. The predicted octanol–water partition coefficient (Wildman–Crippen LogP) is 2.13. The van der Waals surface area contributed by atoms with Gasteiger partial charge in [0, 0.05) is 6.07 Å². The number of hydrogen-bond donors (Lipinski definition) is 2. The van der Waals surface area contributed by atoms with Crippen LogP contribution in [0.3, 0.4) is 0 Å². The van der Waals surface area contributed by atoms with Gasteiger partial charge in [0.2, 0.25) is 5.91 Å². The second-order valence-electron chi connectivity index (χ2n) is 3.92. The van der Waals surface area contributed by atoms with Gasteiger partial charge in [-0.2, -0.15) is 0 Å². The molecule has 7 heteroatoms. The summed E-state index contributed by atoms with van der Waals surface area (Å²) in [5, 5.41) is 22.7. The molecule has 0 aromatic heterocycles. The maximum absolute atomic E-state index is 11.9. The number of nitrogens with zero attached hydrogens (tertiary/aromatic N) is 1. The minimum absolute atomic E-state index is 0.125. The number of carbonyl (C=O) groups excluding carboxylic acids is 1. The summed E-state index contributed by atoms with van der Waals surface area (Å²) in [5.74, 6) is 0.337. The number of amides is 1. The molecule has 1 aliphatic heterocycles. The van der Waals surface area contributed by atoms with Crippen LogP contribution in [0.1, 0.15) is 12.8 Å². The number of hydrogen-bond acceptors (Lipinski definition) is 5. The number of phenols is 1. The first-order chi connectivity index (χ1) is 8.59. The number of nitrogens with one attached hydrogen (secondary N) is 1. The van der Waals surface area contributed by atoms with E-state index in [1.807, 2.05) is 0 Å². The van der Waals surface area contributed by atoms with E-state index in [2.05, 4.69) is 5.32 Å². The van der Waals surface area contributed by atoms with Gasteiger partial charge in [0.25, 0.3) is 5.69 Å². The first kappa shape index (κ1) is 12.7. The van der Waals surface area contributed by atoms with Gasteiger partial charge >= 0.3 is 0 Å². The summed E-state index contributed by atoms with van der Waals surface area (Å²) in [4.78, 5) is 22.1. The van der Waals surface area contributed by atoms with Crippen LogP contribution in [0.5, 0.6) is 5.75 Å². The number of thioether (sulfide) groups is 1. The summed E-state index contributed by atoms with van der Waals surface area (Å²) in [6, 6.07) is 3.93. The van der Waals surface area contributed by atoms with Crippen LogP contribution in [0, 0.1) is 10.1 Å². The van der Waals surface area contributed by atoms with E-state index in [4.69, 9.17) is 0 Å². The van der Waals surface area contributed by atoms with Gasteiger partial charge in [0.1, 0.15) is 5.75 Å². The van der Waals surface area contributed by atoms with E-state index in [1.165, 1.54) is 30.0 Å². The van der Waals surface area contributed by atoms with Crippen LogP contribution in [-0.2, 0) is 4.79 Å². The molecule has 0 radical (unpaired) electrons. The van der Waals surface area contributed by atoms with Gasteiger partial charge in [-0.1, -0.05) is 6.07 Å². The third-order valence-electron chi connectivity index (χ3n) is 2.69. The highest BCUT2D eigenvalue weighted by molar-refractivity contribution is 8.00. The summed E-state index contributed by atoms with van der Waals surface area (Å²) in [6.45, 7) is 0. The van der Waals surface area contributed by atoms with Gasteiger partial charge in [-0.25, -0.2) is 0 Å². The predicted molar refractivity (Wildman–Crippen MR) is 68.9 cm³/mol. The molecule has 1 amide bonds. The van der Waals surface area contributed by atoms with E-state index in [0.29, 0.717) is 0 Å². The number of benzene rings is 1. The SMILES string of the molecule is O=C(Nc1c(O)cccc1[N+](=O)[O-])C1CCCS1. The molecular weight excluding hydrogens is 256 g/mol. The quantitative estimate of drug-likeness (QED) is 0.497. The zero-order valence-corrected chi connectivity index (χ0v) is 10.3. The van der Waals surface area contributed by atoms with Gasteiger partial charge in [0.15, 0.2) is 5.69 Å². The lowest BCUT2D eigenvalue weighted by Crippen LogP contribution is -2.23. The first-order valence-corrected chi connectivity index (χ1v) is 6.53. The van der Waals surface area contributed by atoms with Crippen LogP contribution < -0.4 is 5.32 Å². The van der Waals surface area contributed by atoms with Gasteiger partial charge in [-0.3, -0.25) is 14.9 Å². The Morgan fingerprint density at radius 2 is 2.33 bits per heavy atom. The van der Waals surface area contributed by atoms with E-state index in [0.717, 1.165) is 18.6 Å². The van der Waals surface area contributed by atoms with Gasteiger partial charge < -0.3 is 10.4 Å². The van der Waals surface area contributed by atoms with Crippen LogP contribution in [0.2, 0.25) is 0 Å². The van der Waals surface area contributed by atoms with Crippen molar-refractivity contribution in [3.05, 3.63) is 28.3 Å². The molecule has 1 unspecified atom stereocenters. The van der Waals surface area contributed by atoms with E-state index >= 15 is 0 Å². The molecular formula is C11H12N2O4S. The number of nitro benzene ring substituents is 1. The lowest BCUT2D eigenvalue weighted by Gasteiger charge is -2.11. The maximum Gasteiger partial charge on any atom is 0.296 e. The zero-order chi connectivity index (χ0) is 13.1. The van der Waals surface area contributed by atoms with Crippen molar-refractivity contribution in [2.45, 2.75) is 18.1 Å². The molecule has 6 nitrogen and oxygen atoms in total. The normalized spacial score (nSPS) is 18.6. The van der Waals surface area contributed by atoms with E-state index in [-0.39, 0.29) is 28.3 Å². The molecule has 1 heterocycles. The minimum atomic E-state index is -0.628. The maximum atomic E-state index is 11.9. The van der Waals surface area contributed by atoms with Gasteiger partial charge in [-0.15, -0.1) is 11.8 Å². The molecule has 1 aromatic rings. The smallest absolute Gasteiger partial charge is 0.296 e. The Balaban J connectivity index is 2.22. The summed E-state index contributed by atoms with van der Waals surface area (Å²) in [7, 11) is 0. The molecule has 0 saturated carbocycles. The molecule has 1 aromatic carbocycles.